The molecule has 0 radical (unpaired) electrons. The molecule has 0 bridgehead atoms. The summed E-state index contributed by atoms with van der Waals surface area (Å²) in [7, 11) is 1.57. The molecular formula is C10H20BrNO3. The van der Waals surface area contributed by atoms with Crippen LogP contribution in [0.5, 0.6) is 0 Å². The van der Waals surface area contributed by atoms with Crippen LogP contribution in [0.25, 0.3) is 0 Å². The summed E-state index contributed by atoms with van der Waals surface area (Å²) in [5.74, 6) is 0.183. The Hall–Kier alpha value is -0.130. The second kappa shape index (κ2) is 8.07. The molecule has 90 valence electrons. The van der Waals surface area contributed by atoms with E-state index < -0.39 is 0 Å². The van der Waals surface area contributed by atoms with Gasteiger partial charge in [0, 0.05) is 13.7 Å². The van der Waals surface area contributed by atoms with Crippen molar-refractivity contribution in [2.24, 2.45) is 5.92 Å². The van der Waals surface area contributed by atoms with E-state index in [4.69, 9.17) is 9.84 Å². The molecule has 0 aliphatic carbocycles. The van der Waals surface area contributed by atoms with Crippen LogP contribution in [0.4, 0.5) is 0 Å². The number of carbonyl (C=O) groups excluding carboxylic acids is 1. The van der Waals surface area contributed by atoms with Gasteiger partial charge in [-0.2, -0.15) is 0 Å². The molecule has 0 heterocycles. The lowest BCUT2D eigenvalue weighted by molar-refractivity contribution is -0.122. The van der Waals surface area contributed by atoms with E-state index in [1.165, 1.54) is 0 Å². The Labute approximate surface area is 99.5 Å². The molecule has 5 heteroatoms. The molecule has 1 amide bonds. The van der Waals surface area contributed by atoms with Crippen LogP contribution in [0, 0.1) is 5.92 Å². The normalized spacial score (nSPS) is 15.1. The van der Waals surface area contributed by atoms with Gasteiger partial charge in [-0.3, -0.25) is 4.79 Å². The number of rotatable bonds is 7. The number of aliphatic hydroxyl groups is 1. The summed E-state index contributed by atoms with van der Waals surface area (Å²) < 4.78 is 4.96. The number of carbonyl (C=O) groups is 1. The number of aliphatic hydroxyl groups excluding tert-OH is 1. The molecular weight excluding hydrogens is 262 g/mol. The fraction of sp³-hybridized carbons (Fsp3) is 0.900. The molecule has 4 nitrogen and oxygen atoms in total. The molecule has 0 aromatic heterocycles. The summed E-state index contributed by atoms with van der Waals surface area (Å²) in [6.45, 7) is 4.40. The number of nitrogens with one attached hydrogen (secondary N) is 1. The highest BCUT2D eigenvalue weighted by atomic mass is 79.9. The van der Waals surface area contributed by atoms with E-state index >= 15 is 0 Å². The molecule has 2 unspecified atom stereocenters. The number of hydrogen-bond donors (Lipinski definition) is 2. The van der Waals surface area contributed by atoms with Gasteiger partial charge >= 0.3 is 0 Å². The Morgan fingerprint density at radius 3 is 2.53 bits per heavy atom. The van der Waals surface area contributed by atoms with Crippen LogP contribution in [0.3, 0.4) is 0 Å². The first-order valence-electron chi connectivity index (χ1n) is 5.07. The Morgan fingerprint density at radius 1 is 1.53 bits per heavy atom. The van der Waals surface area contributed by atoms with Crippen molar-refractivity contribution in [3.63, 3.8) is 0 Å². The first kappa shape index (κ1) is 14.9. The lowest BCUT2D eigenvalue weighted by atomic mass is 10.1. The number of hydrogen-bond acceptors (Lipinski definition) is 3. The van der Waals surface area contributed by atoms with E-state index in [0.717, 1.165) is 0 Å². The lowest BCUT2D eigenvalue weighted by Gasteiger charge is -2.20. The van der Waals surface area contributed by atoms with Gasteiger partial charge in [-0.05, 0) is 12.3 Å². The smallest absolute Gasteiger partial charge is 0.234 e. The lowest BCUT2D eigenvalue weighted by Crippen LogP contribution is -2.43. The molecule has 0 fully saturated rings. The van der Waals surface area contributed by atoms with Crippen LogP contribution in [0.15, 0.2) is 0 Å². The van der Waals surface area contributed by atoms with E-state index in [9.17, 15) is 4.79 Å². The molecule has 0 saturated carbocycles. The highest BCUT2D eigenvalue weighted by molar-refractivity contribution is 9.10. The minimum absolute atomic E-state index is 0.0446. The Morgan fingerprint density at radius 2 is 2.13 bits per heavy atom. The fourth-order valence-corrected chi connectivity index (χ4v) is 1.27. The van der Waals surface area contributed by atoms with Crippen LogP contribution in [0.1, 0.15) is 20.3 Å². The van der Waals surface area contributed by atoms with Crippen molar-refractivity contribution in [2.45, 2.75) is 31.1 Å². The van der Waals surface area contributed by atoms with Gasteiger partial charge in [-0.15, -0.1) is 0 Å². The minimum Gasteiger partial charge on any atom is -0.396 e. The maximum absolute atomic E-state index is 11.6. The molecule has 2 N–H and O–H groups in total. The SMILES string of the molecule is COCC(CCO)NC(=O)C(Br)C(C)C. The first-order chi connectivity index (χ1) is 7.02. The van der Waals surface area contributed by atoms with Gasteiger partial charge in [0.1, 0.15) is 0 Å². The zero-order chi connectivity index (χ0) is 11.8. The maximum atomic E-state index is 11.6. The molecule has 0 aromatic carbocycles. The number of methoxy groups -OCH3 is 1. The molecule has 0 saturated heterocycles. The molecule has 2 atom stereocenters. The number of amides is 1. The summed E-state index contributed by atoms with van der Waals surface area (Å²) in [4.78, 5) is 11.5. The van der Waals surface area contributed by atoms with Gasteiger partial charge in [-0.25, -0.2) is 0 Å². The molecule has 0 rings (SSSR count). The van der Waals surface area contributed by atoms with Gasteiger partial charge in [-0.1, -0.05) is 29.8 Å². The maximum Gasteiger partial charge on any atom is 0.234 e. The third-order valence-corrected chi connectivity index (χ3v) is 3.50. The van der Waals surface area contributed by atoms with Gasteiger partial charge in [0.2, 0.25) is 5.91 Å². The quantitative estimate of drug-likeness (QED) is 0.683. The summed E-state index contributed by atoms with van der Waals surface area (Å²) in [6.07, 6.45) is 0.511. The molecule has 0 aromatic rings. The van der Waals surface area contributed by atoms with Crippen molar-refractivity contribution in [3.8, 4) is 0 Å². The number of ether oxygens (including phenoxy) is 1. The van der Waals surface area contributed by atoms with Crippen LogP contribution in [-0.4, -0.2) is 42.2 Å². The minimum atomic E-state index is -0.199. The van der Waals surface area contributed by atoms with Crippen LogP contribution >= 0.6 is 15.9 Å². The zero-order valence-electron chi connectivity index (χ0n) is 9.50. The van der Waals surface area contributed by atoms with Crippen molar-refractivity contribution in [3.05, 3.63) is 0 Å². The number of alkyl halides is 1. The van der Waals surface area contributed by atoms with Crippen molar-refractivity contribution in [2.75, 3.05) is 20.3 Å². The average molecular weight is 282 g/mol. The van der Waals surface area contributed by atoms with Gasteiger partial charge < -0.3 is 15.2 Å². The van der Waals surface area contributed by atoms with E-state index in [0.29, 0.717) is 13.0 Å². The highest BCUT2D eigenvalue weighted by Crippen LogP contribution is 2.12. The summed E-state index contributed by atoms with van der Waals surface area (Å²) in [6, 6.07) is -0.119. The van der Waals surface area contributed by atoms with E-state index in [2.05, 4.69) is 21.2 Å². The molecule has 0 aliphatic heterocycles. The van der Waals surface area contributed by atoms with Crippen LogP contribution in [0.2, 0.25) is 0 Å². The largest absolute Gasteiger partial charge is 0.396 e. The topological polar surface area (TPSA) is 58.6 Å². The predicted octanol–water partition coefficient (Wildman–Crippen LogP) is 0.919. The van der Waals surface area contributed by atoms with E-state index in [1.807, 2.05) is 13.8 Å². The Balaban J connectivity index is 4.09. The second-order valence-electron chi connectivity index (χ2n) is 3.82. The summed E-state index contributed by atoms with van der Waals surface area (Å²) in [5, 5.41) is 11.6. The van der Waals surface area contributed by atoms with Crippen molar-refractivity contribution in [1.82, 2.24) is 5.32 Å². The molecule has 15 heavy (non-hydrogen) atoms. The van der Waals surface area contributed by atoms with Gasteiger partial charge in [0.15, 0.2) is 0 Å². The van der Waals surface area contributed by atoms with Crippen molar-refractivity contribution >= 4 is 21.8 Å². The monoisotopic (exact) mass is 281 g/mol. The summed E-state index contributed by atoms with van der Waals surface area (Å²) >= 11 is 3.32. The third kappa shape index (κ3) is 6.12. The fourth-order valence-electron chi connectivity index (χ4n) is 1.14. The van der Waals surface area contributed by atoms with E-state index in [-0.39, 0.29) is 29.3 Å². The predicted molar refractivity (Wildman–Crippen MR) is 63.1 cm³/mol. The Kier molecular flexibility index (Phi) is 8.00. The third-order valence-electron chi connectivity index (χ3n) is 2.03. The molecule has 0 aliphatic rings. The summed E-state index contributed by atoms with van der Waals surface area (Å²) in [5.41, 5.74) is 0. The van der Waals surface area contributed by atoms with Gasteiger partial charge in [0.25, 0.3) is 0 Å². The van der Waals surface area contributed by atoms with Crippen LogP contribution in [-0.2, 0) is 9.53 Å². The van der Waals surface area contributed by atoms with Crippen molar-refractivity contribution in [1.29, 1.82) is 0 Å². The second-order valence-corrected chi connectivity index (χ2v) is 4.81. The van der Waals surface area contributed by atoms with Crippen molar-refractivity contribution < 1.29 is 14.6 Å². The highest BCUT2D eigenvalue weighted by Gasteiger charge is 2.21. The van der Waals surface area contributed by atoms with Crippen LogP contribution < -0.4 is 5.32 Å². The first-order valence-corrected chi connectivity index (χ1v) is 5.98. The van der Waals surface area contributed by atoms with Gasteiger partial charge in [0.05, 0.1) is 17.5 Å². The zero-order valence-corrected chi connectivity index (χ0v) is 11.1. The average Bonchev–Trinajstić information content (AvgIpc) is 2.17. The van der Waals surface area contributed by atoms with E-state index in [1.54, 1.807) is 7.11 Å². The Bertz CT molecular complexity index is 182. The standard InChI is InChI=1S/C10H20BrNO3/c1-7(2)9(11)10(14)12-8(4-5-13)6-15-3/h7-9,13H,4-6H2,1-3H3,(H,12,14). The molecule has 0 spiro atoms. The number of halogens is 1.